The Balaban J connectivity index is 0.00000272. The third kappa shape index (κ3) is 6.99. The maximum absolute atomic E-state index is 12.4. The van der Waals surface area contributed by atoms with E-state index in [9.17, 15) is 4.79 Å². The van der Waals surface area contributed by atoms with Crippen LogP contribution in [0.25, 0.3) is 0 Å². The summed E-state index contributed by atoms with van der Waals surface area (Å²) in [6, 6.07) is 10.7. The van der Waals surface area contributed by atoms with E-state index in [0.29, 0.717) is 12.5 Å². The van der Waals surface area contributed by atoms with Crippen LogP contribution in [0.2, 0.25) is 0 Å². The van der Waals surface area contributed by atoms with Crippen molar-refractivity contribution in [3.05, 3.63) is 30.3 Å². The third-order valence-electron chi connectivity index (χ3n) is 6.23. The number of guanidine groups is 1. The highest BCUT2D eigenvalue weighted by Gasteiger charge is 2.43. The minimum Gasteiger partial charge on any atom is -0.357 e. The second-order valence-electron chi connectivity index (χ2n) is 8.62. The van der Waals surface area contributed by atoms with Crippen LogP contribution >= 0.6 is 35.7 Å². The highest BCUT2D eigenvalue weighted by molar-refractivity contribution is 14.0. The van der Waals surface area contributed by atoms with E-state index in [0.717, 1.165) is 71.2 Å². The molecule has 2 heterocycles. The van der Waals surface area contributed by atoms with Gasteiger partial charge >= 0.3 is 0 Å². The van der Waals surface area contributed by atoms with Gasteiger partial charge in [-0.25, -0.2) is 0 Å². The Hall–Kier alpha value is -1.00. The SMILES string of the molecule is CCNC(=NCC1(Sc2ccccc2)CC1)N1CCN(CC(=O)N2CCCC2)CC1.I. The van der Waals surface area contributed by atoms with Gasteiger partial charge in [0, 0.05) is 55.5 Å². The maximum atomic E-state index is 12.4. The second-order valence-corrected chi connectivity index (χ2v) is 10.2. The molecule has 6 nitrogen and oxygen atoms in total. The van der Waals surface area contributed by atoms with Crippen molar-refractivity contribution in [1.29, 1.82) is 0 Å². The van der Waals surface area contributed by atoms with Gasteiger partial charge in [0.05, 0.1) is 13.1 Å². The molecule has 3 fully saturated rings. The first-order valence-corrected chi connectivity index (χ1v) is 12.3. The Bertz CT molecular complexity index is 729. The fraction of sp³-hybridized carbons (Fsp3) is 0.652. The van der Waals surface area contributed by atoms with Crippen molar-refractivity contribution < 1.29 is 4.79 Å². The number of nitrogens with one attached hydrogen (secondary N) is 1. The average molecular weight is 558 g/mol. The topological polar surface area (TPSA) is 51.2 Å². The lowest BCUT2D eigenvalue weighted by atomic mass is 10.3. The van der Waals surface area contributed by atoms with E-state index in [1.165, 1.54) is 17.7 Å². The number of amides is 1. The minimum absolute atomic E-state index is 0. The molecule has 3 aliphatic rings. The maximum Gasteiger partial charge on any atom is 0.236 e. The van der Waals surface area contributed by atoms with Crippen LogP contribution in [-0.2, 0) is 4.79 Å². The first kappa shape index (κ1) is 24.6. The number of hydrogen-bond acceptors (Lipinski definition) is 4. The van der Waals surface area contributed by atoms with Crippen LogP contribution in [0, 0.1) is 0 Å². The zero-order valence-corrected chi connectivity index (χ0v) is 21.7. The number of likely N-dealkylation sites (tertiary alicyclic amines) is 1. The van der Waals surface area contributed by atoms with E-state index in [1.807, 2.05) is 16.7 Å². The van der Waals surface area contributed by atoms with Gasteiger partial charge in [-0.15, -0.1) is 35.7 Å². The van der Waals surface area contributed by atoms with Crippen molar-refractivity contribution >= 4 is 47.6 Å². The Kier molecular flexibility index (Phi) is 9.33. The monoisotopic (exact) mass is 557 g/mol. The van der Waals surface area contributed by atoms with Crippen LogP contribution in [0.5, 0.6) is 0 Å². The zero-order chi connectivity index (χ0) is 20.8. The highest BCUT2D eigenvalue weighted by Crippen LogP contribution is 2.51. The number of halogens is 1. The fourth-order valence-electron chi connectivity index (χ4n) is 4.19. The summed E-state index contributed by atoms with van der Waals surface area (Å²) in [5.41, 5.74) is 0. The van der Waals surface area contributed by atoms with E-state index in [4.69, 9.17) is 4.99 Å². The number of thioether (sulfide) groups is 1. The second kappa shape index (κ2) is 11.7. The summed E-state index contributed by atoms with van der Waals surface area (Å²) < 4.78 is 0.270. The van der Waals surface area contributed by atoms with E-state index in [1.54, 1.807) is 0 Å². The molecule has 4 rings (SSSR count). The van der Waals surface area contributed by atoms with Crippen molar-refractivity contribution in [2.24, 2.45) is 4.99 Å². The van der Waals surface area contributed by atoms with Gasteiger partial charge in [-0.05, 0) is 44.7 Å². The molecule has 0 spiro atoms. The van der Waals surface area contributed by atoms with Gasteiger partial charge in [0.25, 0.3) is 0 Å². The number of carbonyl (C=O) groups excluding carboxylic acids is 1. The van der Waals surface area contributed by atoms with Crippen molar-refractivity contribution in [1.82, 2.24) is 20.0 Å². The number of benzene rings is 1. The lowest BCUT2D eigenvalue weighted by Crippen LogP contribution is -2.54. The zero-order valence-electron chi connectivity index (χ0n) is 18.6. The molecule has 1 aliphatic carbocycles. The van der Waals surface area contributed by atoms with Crippen molar-refractivity contribution in [2.45, 2.75) is 42.2 Å². The highest BCUT2D eigenvalue weighted by atomic mass is 127. The van der Waals surface area contributed by atoms with Crippen LogP contribution in [0.3, 0.4) is 0 Å². The number of nitrogens with zero attached hydrogens (tertiary/aromatic N) is 4. The van der Waals surface area contributed by atoms with Gasteiger partial charge in [0.15, 0.2) is 5.96 Å². The molecule has 2 saturated heterocycles. The smallest absolute Gasteiger partial charge is 0.236 e. The number of hydrogen-bond donors (Lipinski definition) is 1. The fourth-order valence-corrected chi connectivity index (χ4v) is 5.42. The van der Waals surface area contributed by atoms with Gasteiger partial charge in [0.1, 0.15) is 0 Å². The van der Waals surface area contributed by atoms with Gasteiger partial charge in [-0.3, -0.25) is 14.7 Å². The van der Waals surface area contributed by atoms with Crippen molar-refractivity contribution in [3.8, 4) is 0 Å². The molecule has 2 aliphatic heterocycles. The molecule has 0 radical (unpaired) electrons. The first-order chi connectivity index (χ1) is 14.7. The Morgan fingerprint density at radius 1 is 1.03 bits per heavy atom. The van der Waals surface area contributed by atoms with Crippen LogP contribution in [0.4, 0.5) is 0 Å². The van der Waals surface area contributed by atoms with Crippen molar-refractivity contribution in [2.75, 3.05) is 58.9 Å². The predicted octanol–water partition coefficient (Wildman–Crippen LogP) is 3.13. The molecule has 1 aromatic carbocycles. The summed E-state index contributed by atoms with van der Waals surface area (Å²) >= 11 is 1.98. The molecule has 172 valence electrons. The largest absolute Gasteiger partial charge is 0.357 e. The Morgan fingerprint density at radius 2 is 1.71 bits per heavy atom. The Labute approximate surface area is 208 Å². The lowest BCUT2D eigenvalue weighted by molar-refractivity contribution is -0.131. The van der Waals surface area contributed by atoms with Gasteiger partial charge in [0.2, 0.25) is 5.91 Å². The average Bonchev–Trinajstić information content (AvgIpc) is 3.30. The van der Waals surface area contributed by atoms with E-state index in [2.05, 4.69) is 52.4 Å². The molecule has 0 aromatic heterocycles. The summed E-state index contributed by atoms with van der Waals surface area (Å²) in [6.45, 7) is 10.0. The molecule has 1 aromatic rings. The molecular weight excluding hydrogens is 521 g/mol. The van der Waals surface area contributed by atoms with Gasteiger partial charge < -0.3 is 15.1 Å². The number of rotatable bonds is 7. The van der Waals surface area contributed by atoms with Gasteiger partial charge in [-0.2, -0.15) is 0 Å². The van der Waals surface area contributed by atoms with Crippen LogP contribution in [0.15, 0.2) is 40.2 Å². The number of piperazine rings is 1. The third-order valence-corrected chi connectivity index (χ3v) is 7.70. The minimum atomic E-state index is 0. The normalized spacial score (nSPS) is 21.0. The molecule has 1 amide bonds. The molecule has 0 bridgehead atoms. The van der Waals surface area contributed by atoms with Crippen molar-refractivity contribution in [3.63, 3.8) is 0 Å². The summed E-state index contributed by atoms with van der Waals surface area (Å²) in [4.78, 5) is 25.5. The molecule has 1 N–H and O–H groups in total. The summed E-state index contributed by atoms with van der Waals surface area (Å²) in [6.07, 6.45) is 4.79. The molecule has 0 atom stereocenters. The van der Waals surface area contributed by atoms with E-state index >= 15 is 0 Å². The lowest BCUT2D eigenvalue weighted by Gasteiger charge is -2.36. The molecule has 8 heteroatoms. The van der Waals surface area contributed by atoms with E-state index in [-0.39, 0.29) is 28.7 Å². The van der Waals surface area contributed by atoms with Gasteiger partial charge in [-0.1, -0.05) is 18.2 Å². The quantitative estimate of drug-likeness (QED) is 0.317. The molecule has 1 saturated carbocycles. The first-order valence-electron chi connectivity index (χ1n) is 11.4. The van der Waals surface area contributed by atoms with E-state index < -0.39 is 0 Å². The van der Waals surface area contributed by atoms with Crippen LogP contribution in [-0.4, -0.2) is 90.2 Å². The summed E-state index contributed by atoms with van der Waals surface area (Å²) in [7, 11) is 0. The number of carbonyl (C=O) groups is 1. The molecule has 0 unspecified atom stereocenters. The molecule has 31 heavy (non-hydrogen) atoms. The summed E-state index contributed by atoms with van der Waals surface area (Å²) in [5, 5.41) is 3.49. The predicted molar refractivity (Wildman–Crippen MR) is 139 cm³/mol. The molecular formula is C23H36IN5OS. The standard InChI is InChI=1S/C23H35N5OS.HI/c1-2-24-22(25-19-23(10-11-23)30-20-8-4-3-5-9-20)28-16-14-26(15-17-28)18-21(29)27-12-6-7-13-27;/h3-5,8-9H,2,6-7,10-19H2,1H3,(H,24,25);1H. The number of aliphatic imine (C=N–C) groups is 1. The van der Waals surface area contributed by atoms with Crippen LogP contribution in [0.1, 0.15) is 32.6 Å². The Morgan fingerprint density at radius 3 is 2.32 bits per heavy atom. The summed E-state index contributed by atoms with van der Waals surface area (Å²) in [5.74, 6) is 1.33. The van der Waals surface area contributed by atoms with Crippen LogP contribution < -0.4 is 5.32 Å².